The Morgan fingerprint density at radius 3 is 2.59 bits per heavy atom. The van der Waals surface area contributed by atoms with Crippen LogP contribution < -0.4 is 0 Å². The summed E-state index contributed by atoms with van der Waals surface area (Å²) in [5, 5.41) is 0. The summed E-state index contributed by atoms with van der Waals surface area (Å²) in [6.07, 6.45) is -1.01. The minimum absolute atomic E-state index is 0.0666. The van der Waals surface area contributed by atoms with Gasteiger partial charge in [0.15, 0.2) is 0 Å². The average molecular weight is 304 g/mol. The van der Waals surface area contributed by atoms with E-state index in [0.29, 0.717) is 4.60 Å². The largest absolute Gasteiger partial charge is 0.417 e. The van der Waals surface area contributed by atoms with Crippen LogP contribution in [0.3, 0.4) is 0 Å². The lowest BCUT2D eigenvalue weighted by molar-refractivity contribution is -0.137. The smallest absolute Gasteiger partial charge is 0.264 e. The van der Waals surface area contributed by atoms with Crippen LogP contribution in [0.4, 0.5) is 13.2 Å². The van der Waals surface area contributed by atoms with E-state index in [4.69, 9.17) is 0 Å². The second-order valence-electron chi connectivity index (χ2n) is 3.14. The number of nitrogens with zero attached hydrogens (tertiary/aromatic N) is 3. The van der Waals surface area contributed by atoms with Crippen molar-refractivity contribution >= 4 is 15.9 Å². The number of halogens is 4. The summed E-state index contributed by atoms with van der Waals surface area (Å²) in [6.45, 7) is 0. The van der Waals surface area contributed by atoms with Crippen LogP contribution in [0.1, 0.15) is 5.56 Å². The van der Waals surface area contributed by atoms with Gasteiger partial charge in [0.25, 0.3) is 0 Å². The Labute approximate surface area is 103 Å². The van der Waals surface area contributed by atoms with Crippen LogP contribution in [0.5, 0.6) is 0 Å². The van der Waals surface area contributed by atoms with Gasteiger partial charge in [-0.15, -0.1) is 0 Å². The fourth-order valence-corrected chi connectivity index (χ4v) is 1.64. The highest BCUT2D eigenvalue weighted by Gasteiger charge is 2.33. The molecule has 0 fully saturated rings. The van der Waals surface area contributed by atoms with Gasteiger partial charge in [-0.25, -0.2) is 9.97 Å². The molecule has 0 spiro atoms. The van der Waals surface area contributed by atoms with E-state index in [1.54, 1.807) is 0 Å². The maximum absolute atomic E-state index is 12.8. The number of hydrogen-bond acceptors (Lipinski definition) is 3. The third-order valence-corrected chi connectivity index (χ3v) is 2.47. The van der Waals surface area contributed by atoms with Crippen LogP contribution in [0.15, 0.2) is 35.5 Å². The normalized spacial score (nSPS) is 11.5. The highest BCUT2D eigenvalue weighted by molar-refractivity contribution is 9.10. The first kappa shape index (κ1) is 12.0. The van der Waals surface area contributed by atoms with E-state index in [2.05, 4.69) is 30.9 Å². The molecule has 17 heavy (non-hydrogen) atoms. The summed E-state index contributed by atoms with van der Waals surface area (Å²) in [5.41, 5.74) is -0.659. The van der Waals surface area contributed by atoms with Gasteiger partial charge in [-0.3, -0.25) is 4.98 Å². The third kappa shape index (κ3) is 2.60. The van der Waals surface area contributed by atoms with Gasteiger partial charge in [0.1, 0.15) is 10.9 Å². The Kier molecular flexibility index (Phi) is 3.10. The van der Waals surface area contributed by atoms with Crippen molar-refractivity contribution in [2.45, 2.75) is 6.18 Å². The molecule has 88 valence electrons. The first-order chi connectivity index (χ1) is 7.98. The quantitative estimate of drug-likeness (QED) is 0.759. The fraction of sp³-hybridized carbons (Fsp3) is 0.100. The monoisotopic (exact) mass is 303 g/mol. The average Bonchev–Trinajstić information content (AvgIpc) is 2.28. The van der Waals surface area contributed by atoms with Gasteiger partial charge in [0.2, 0.25) is 0 Å². The number of pyridine rings is 1. The molecule has 0 atom stereocenters. The first-order valence-corrected chi connectivity index (χ1v) is 5.27. The molecule has 0 bridgehead atoms. The lowest BCUT2D eigenvalue weighted by atomic mass is 10.1. The molecule has 0 aliphatic carbocycles. The molecular formula is C10H5BrF3N3. The Morgan fingerprint density at radius 2 is 1.94 bits per heavy atom. The van der Waals surface area contributed by atoms with E-state index in [1.807, 2.05) is 0 Å². The van der Waals surface area contributed by atoms with Crippen molar-refractivity contribution in [1.82, 2.24) is 15.0 Å². The van der Waals surface area contributed by atoms with Crippen LogP contribution >= 0.6 is 15.9 Å². The number of alkyl halides is 3. The van der Waals surface area contributed by atoms with Gasteiger partial charge in [0, 0.05) is 18.0 Å². The molecule has 0 N–H and O–H groups in total. The first-order valence-electron chi connectivity index (χ1n) is 4.47. The van der Waals surface area contributed by atoms with Crippen LogP contribution in [0.25, 0.3) is 11.3 Å². The van der Waals surface area contributed by atoms with E-state index in [-0.39, 0.29) is 11.3 Å². The molecule has 2 aromatic rings. The maximum Gasteiger partial charge on any atom is 0.417 e. The van der Waals surface area contributed by atoms with Crippen LogP contribution in [0.2, 0.25) is 0 Å². The van der Waals surface area contributed by atoms with E-state index in [9.17, 15) is 13.2 Å². The summed E-state index contributed by atoms with van der Waals surface area (Å²) < 4.78 is 38.7. The molecule has 2 heterocycles. The Bertz CT molecular complexity index is 542. The van der Waals surface area contributed by atoms with Crippen molar-refractivity contribution in [2.24, 2.45) is 0 Å². The zero-order chi connectivity index (χ0) is 12.5. The minimum atomic E-state index is -4.43. The fourth-order valence-electron chi connectivity index (χ4n) is 1.33. The van der Waals surface area contributed by atoms with Crippen molar-refractivity contribution in [1.29, 1.82) is 0 Å². The SMILES string of the molecule is FC(F)(F)c1ccncc1-c1cc(Br)ncn1. The molecule has 0 saturated heterocycles. The highest BCUT2D eigenvalue weighted by atomic mass is 79.9. The van der Waals surface area contributed by atoms with Gasteiger partial charge in [-0.2, -0.15) is 13.2 Å². The topological polar surface area (TPSA) is 38.7 Å². The molecule has 0 radical (unpaired) electrons. The molecule has 0 unspecified atom stereocenters. The lowest BCUT2D eigenvalue weighted by Crippen LogP contribution is -2.07. The van der Waals surface area contributed by atoms with Crippen LogP contribution in [-0.2, 0) is 6.18 Å². The van der Waals surface area contributed by atoms with Crippen molar-refractivity contribution in [3.05, 3.63) is 41.0 Å². The molecule has 0 aromatic carbocycles. The summed E-state index contributed by atoms with van der Waals surface area (Å²) in [6, 6.07) is 2.33. The van der Waals surface area contributed by atoms with Gasteiger partial charge < -0.3 is 0 Å². The zero-order valence-corrected chi connectivity index (χ0v) is 9.83. The summed E-state index contributed by atoms with van der Waals surface area (Å²) in [4.78, 5) is 11.3. The lowest BCUT2D eigenvalue weighted by Gasteiger charge is -2.11. The second-order valence-corrected chi connectivity index (χ2v) is 3.96. The van der Waals surface area contributed by atoms with Crippen molar-refractivity contribution in [3.8, 4) is 11.3 Å². The van der Waals surface area contributed by atoms with E-state index >= 15 is 0 Å². The number of hydrogen-bond donors (Lipinski definition) is 0. The predicted octanol–water partition coefficient (Wildman–Crippen LogP) is 3.32. The highest BCUT2D eigenvalue weighted by Crippen LogP contribution is 2.35. The minimum Gasteiger partial charge on any atom is -0.264 e. The summed E-state index contributed by atoms with van der Waals surface area (Å²) in [7, 11) is 0. The van der Waals surface area contributed by atoms with E-state index in [1.165, 1.54) is 12.4 Å². The van der Waals surface area contributed by atoms with Crippen molar-refractivity contribution in [3.63, 3.8) is 0 Å². The molecule has 3 nitrogen and oxygen atoms in total. The molecule has 7 heteroatoms. The van der Waals surface area contributed by atoms with E-state index < -0.39 is 11.7 Å². The summed E-state index contributed by atoms with van der Waals surface area (Å²) >= 11 is 3.08. The number of aromatic nitrogens is 3. The van der Waals surface area contributed by atoms with Crippen molar-refractivity contribution < 1.29 is 13.2 Å². The van der Waals surface area contributed by atoms with E-state index in [0.717, 1.165) is 18.5 Å². The van der Waals surface area contributed by atoms with Gasteiger partial charge in [0.05, 0.1) is 11.3 Å². The number of rotatable bonds is 1. The zero-order valence-electron chi connectivity index (χ0n) is 8.24. The van der Waals surface area contributed by atoms with Gasteiger partial charge >= 0.3 is 6.18 Å². The van der Waals surface area contributed by atoms with Crippen LogP contribution in [0, 0.1) is 0 Å². The van der Waals surface area contributed by atoms with Gasteiger partial charge in [-0.1, -0.05) is 0 Å². The summed E-state index contributed by atoms with van der Waals surface area (Å²) in [5.74, 6) is 0. The molecule has 0 aliphatic heterocycles. The van der Waals surface area contributed by atoms with Gasteiger partial charge in [-0.05, 0) is 28.1 Å². The Morgan fingerprint density at radius 1 is 1.18 bits per heavy atom. The maximum atomic E-state index is 12.8. The van der Waals surface area contributed by atoms with Crippen LogP contribution in [-0.4, -0.2) is 15.0 Å². The molecule has 0 aliphatic rings. The molecule has 2 rings (SSSR count). The molecule has 2 aromatic heterocycles. The predicted molar refractivity (Wildman–Crippen MR) is 58.0 cm³/mol. The Balaban J connectivity index is 2.60. The molecule has 0 amide bonds. The second kappa shape index (κ2) is 4.40. The molecule has 0 saturated carbocycles. The third-order valence-electron chi connectivity index (χ3n) is 2.04. The standard InChI is InChI=1S/C10H5BrF3N3/c11-9-3-8(16-5-17-9)6-4-15-2-1-7(6)10(12,13)14/h1-5H. The van der Waals surface area contributed by atoms with Crippen molar-refractivity contribution in [2.75, 3.05) is 0 Å². The Hall–Kier alpha value is -1.50. The molecular weight excluding hydrogens is 299 g/mol.